The third-order valence-electron chi connectivity index (χ3n) is 3.12. The third kappa shape index (κ3) is 3.44. The molecule has 0 unspecified atom stereocenters. The Morgan fingerprint density at radius 2 is 1.96 bits per heavy atom. The molecule has 0 spiro atoms. The molecule has 9 heteroatoms. The van der Waals surface area contributed by atoms with Crippen LogP contribution in [0.5, 0.6) is 0 Å². The van der Waals surface area contributed by atoms with Crippen LogP contribution in [0.1, 0.15) is 10.4 Å². The summed E-state index contributed by atoms with van der Waals surface area (Å²) in [7, 11) is 1.51. The molecule has 0 fully saturated rings. The van der Waals surface area contributed by atoms with Crippen molar-refractivity contribution in [2.75, 3.05) is 17.7 Å². The van der Waals surface area contributed by atoms with E-state index in [1.54, 1.807) is 42.6 Å². The predicted molar refractivity (Wildman–Crippen MR) is 90.5 cm³/mol. The molecule has 122 valence electrons. The van der Waals surface area contributed by atoms with Crippen LogP contribution in [0.3, 0.4) is 0 Å². The van der Waals surface area contributed by atoms with Crippen LogP contribution in [-0.4, -0.2) is 33.6 Å². The van der Waals surface area contributed by atoms with Gasteiger partial charge in [0.1, 0.15) is 0 Å². The van der Waals surface area contributed by atoms with E-state index in [-0.39, 0.29) is 11.9 Å². The quantitative estimate of drug-likeness (QED) is 0.679. The summed E-state index contributed by atoms with van der Waals surface area (Å²) < 4.78 is 1.46. The minimum atomic E-state index is -0.382. The van der Waals surface area contributed by atoms with Crippen LogP contribution in [0.15, 0.2) is 42.6 Å². The molecule has 8 nitrogen and oxygen atoms in total. The van der Waals surface area contributed by atoms with Crippen molar-refractivity contribution in [3.8, 4) is 0 Å². The Bertz CT molecular complexity index is 923. The first-order chi connectivity index (χ1) is 11.5. The Balaban J connectivity index is 1.80. The number of hydrogen-bond acceptors (Lipinski definition) is 4. The van der Waals surface area contributed by atoms with Gasteiger partial charge in [-0.3, -0.25) is 10.1 Å². The highest BCUT2D eigenvalue weighted by Crippen LogP contribution is 2.14. The minimum Gasteiger partial charge on any atom is -0.341 e. The average Bonchev–Trinajstić information content (AvgIpc) is 2.96. The lowest BCUT2D eigenvalue weighted by molar-refractivity contribution is 0.102. The number of carbonyl (C=O) groups excluding carboxylic acids is 2. The molecule has 0 aliphatic rings. The maximum atomic E-state index is 12.2. The van der Waals surface area contributed by atoms with Gasteiger partial charge in [0.25, 0.3) is 5.91 Å². The Morgan fingerprint density at radius 3 is 2.71 bits per heavy atom. The molecular formula is C15H13ClN6O2. The number of imidazole rings is 1. The van der Waals surface area contributed by atoms with Gasteiger partial charge in [0.05, 0.1) is 6.20 Å². The fourth-order valence-corrected chi connectivity index (χ4v) is 2.20. The van der Waals surface area contributed by atoms with E-state index < -0.39 is 0 Å². The molecule has 0 radical (unpaired) electrons. The fraction of sp³-hybridized carbons (Fsp3) is 0.0667. The van der Waals surface area contributed by atoms with Crippen LogP contribution in [0.25, 0.3) is 5.65 Å². The van der Waals surface area contributed by atoms with Crippen molar-refractivity contribution in [3.05, 3.63) is 53.2 Å². The lowest BCUT2D eigenvalue weighted by Gasteiger charge is -2.04. The molecule has 1 aromatic carbocycles. The number of aromatic nitrogens is 3. The van der Waals surface area contributed by atoms with Crippen LogP contribution in [-0.2, 0) is 0 Å². The van der Waals surface area contributed by atoms with Gasteiger partial charge in [-0.25, -0.2) is 14.3 Å². The minimum absolute atomic E-state index is 0.326. The number of carbonyl (C=O) groups is 2. The number of halogens is 1. The van der Waals surface area contributed by atoms with Crippen molar-refractivity contribution >= 4 is 40.8 Å². The fourth-order valence-electron chi connectivity index (χ4n) is 2.01. The van der Waals surface area contributed by atoms with E-state index in [0.29, 0.717) is 27.9 Å². The lowest BCUT2D eigenvalue weighted by Crippen LogP contribution is -2.24. The lowest BCUT2D eigenvalue weighted by atomic mass is 10.2. The first-order valence-corrected chi connectivity index (χ1v) is 7.35. The second-order valence-electron chi connectivity index (χ2n) is 4.82. The second kappa shape index (κ2) is 6.55. The van der Waals surface area contributed by atoms with E-state index in [9.17, 15) is 9.59 Å². The number of hydrogen-bond donors (Lipinski definition) is 3. The molecule has 0 aliphatic carbocycles. The van der Waals surface area contributed by atoms with Crippen molar-refractivity contribution in [1.82, 2.24) is 19.9 Å². The zero-order valence-electron chi connectivity index (χ0n) is 12.6. The van der Waals surface area contributed by atoms with Gasteiger partial charge in [-0.05, 0) is 30.3 Å². The molecule has 24 heavy (non-hydrogen) atoms. The average molecular weight is 345 g/mol. The molecule has 2 heterocycles. The molecule has 0 saturated heterocycles. The molecule has 0 aliphatic heterocycles. The van der Waals surface area contributed by atoms with E-state index >= 15 is 0 Å². The summed E-state index contributed by atoms with van der Waals surface area (Å²) >= 11 is 5.88. The first-order valence-electron chi connectivity index (χ1n) is 6.97. The molecule has 0 saturated carbocycles. The van der Waals surface area contributed by atoms with Crippen LogP contribution in [0, 0.1) is 0 Å². The third-order valence-corrected chi connectivity index (χ3v) is 3.35. The van der Waals surface area contributed by atoms with Gasteiger partial charge in [-0.15, -0.1) is 5.10 Å². The van der Waals surface area contributed by atoms with Gasteiger partial charge in [-0.1, -0.05) is 17.7 Å². The Kier molecular flexibility index (Phi) is 4.30. The number of nitrogens with zero attached hydrogens (tertiary/aromatic N) is 3. The van der Waals surface area contributed by atoms with Crippen LogP contribution >= 0.6 is 11.6 Å². The van der Waals surface area contributed by atoms with Gasteiger partial charge >= 0.3 is 6.03 Å². The number of amides is 3. The molecule has 2 aromatic heterocycles. The number of benzene rings is 1. The summed E-state index contributed by atoms with van der Waals surface area (Å²) in [6.07, 6.45) is 1.54. The number of nitrogens with one attached hydrogen (secondary N) is 3. The number of fused-ring (bicyclic) bond motifs is 1. The van der Waals surface area contributed by atoms with Gasteiger partial charge in [0, 0.05) is 17.6 Å². The van der Waals surface area contributed by atoms with Crippen molar-refractivity contribution in [1.29, 1.82) is 0 Å². The zero-order valence-corrected chi connectivity index (χ0v) is 13.3. The van der Waals surface area contributed by atoms with Crippen molar-refractivity contribution in [2.24, 2.45) is 0 Å². The number of anilines is 2. The molecule has 3 aromatic rings. The topological polar surface area (TPSA) is 100 Å². The highest BCUT2D eigenvalue weighted by molar-refractivity contribution is 6.31. The molecule has 0 bridgehead atoms. The van der Waals surface area contributed by atoms with Crippen molar-refractivity contribution in [3.63, 3.8) is 0 Å². The van der Waals surface area contributed by atoms with Gasteiger partial charge < -0.3 is 10.6 Å². The first kappa shape index (κ1) is 15.8. The largest absolute Gasteiger partial charge is 0.341 e. The normalized spacial score (nSPS) is 10.4. The summed E-state index contributed by atoms with van der Waals surface area (Å²) in [5, 5.41) is 12.4. The van der Waals surface area contributed by atoms with Gasteiger partial charge in [0.2, 0.25) is 0 Å². The SMILES string of the molecule is CNC(=O)Nc1cn2nc(NC(=O)c3cccc(Cl)c3)ccc2n1. The summed E-state index contributed by atoms with van der Waals surface area (Å²) in [5.74, 6) is 0.365. The van der Waals surface area contributed by atoms with Crippen LogP contribution in [0.4, 0.5) is 16.4 Å². The highest BCUT2D eigenvalue weighted by atomic mass is 35.5. The monoisotopic (exact) mass is 344 g/mol. The van der Waals surface area contributed by atoms with E-state index in [1.807, 2.05) is 0 Å². The van der Waals surface area contributed by atoms with Gasteiger partial charge in [0.15, 0.2) is 17.3 Å². The zero-order chi connectivity index (χ0) is 17.1. The summed E-state index contributed by atoms with van der Waals surface area (Å²) in [5.41, 5.74) is 0.958. The predicted octanol–water partition coefficient (Wildman–Crippen LogP) is 2.39. The Labute approximate surface area is 141 Å². The molecular weight excluding hydrogens is 332 g/mol. The van der Waals surface area contributed by atoms with Crippen molar-refractivity contribution < 1.29 is 9.59 Å². The molecule has 3 amide bonds. The van der Waals surface area contributed by atoms with Crippen LogP contribution in [0.2, 0.25) is 5.02 Å². The van der Waals surface area contributed by atoms with E-state index in [4.69, 9.17) is 11.6 Å². The standard InChI is InChI=1S/C15H13ClN6O2/c1-17-15(24)20-12-8-22-13(18-12)6-5-11(21-22)19-14(23)9-3-2-4-10(16)7-9/h2-8H,1H3,(H2,17,20,24)(H,19,21,23). The summed E-state index contributed by atoms with van der Waals surface area (Å²) in [6, 6.07) is 9.52. The van der Waals surface area contributed by atoms with Crippen LogP contribution < -0.4 is 16.0 Å². The Morgan fingerprint density at radius 1 is 1.12 bits per heavy atom. The van der Waals surface area contributed by atoms with E-state index in [2.05, 4.69) is 26.0 Å². The molecule has 0 atom stereocenters. The van der Waals surface area contributed by atoms with E-state index in [1.165, 1.54) is 11.6 Å². The number of rotatable bonds is 3. The Hall–Kier alpha value is -3.13. The maximum absolute atomic E-state index is 12.2. The maximum Gasteiger partial charge on any atom is 0.320 e. The molecule has 3 rings (SSSR count). The smallest absolute Gasteiger partial charge is 0.320 e. The molecule has 3 N–H and O–H groups in total. The van der Waals surface area contributed by atoms with Gasteiger partial charge in [-0.2, -0.15) is 0 Å². The summed E-state index contributed by atoms with van der Waals surface area (Å²) in [6.45, 7) is 0. The summed E-state index contributed by atoms with van der Waals surface area (Å²) in [4.78, 5) is 27.7. The number of urea groups is 1. The van der Waals surface area contributed by atoms with E-state index in [0.717, 1.165) is 0 Å². The van der Waals surface area contributed by atoms with Crippen molar-refractivity contribution in [2.45, 2.75) is 0 Å². The highest BCUT2D eigenvalue weighted by Gasteiger charge is 2.10. The second-order valence-corrected chi connectivity index (χ2v) is 5.25.